The highest BCUT2D eigenvalue weighted by molar-refractivity contribution is 5.40. The average molecular weight is 429 g/mol. The van der Waals surface area contributed by atoms with Crippen molar-refractivity contribution in [1.29, 1.82) is 0 Å². The molecule has 0 saturated heterocycles. The molecule has 1 fully saturated rings. The number of hydrogen-bond acceptors (Lipinski definition) is 1. The number of benzene rings is 2. The van der Waals surface area contributed by atoms with E-state index in [9.17, 15) is 0 Å². The molecule has 1 heteroatoms. The Morgan fingerprint density at radius 1 is 0.844 bits per heavy atom. The van der Waals surface area contributed by atoms with Gasteiger partial charge >= 0.3 is 0 Å². The van der Waals surface area contributed by atoms with Crippen molar-refractivity contribution in [2.75, 3.05) is 6.61 Å². The minimum atomic E-state index is 0.670. The monoisotopic (exact) mass is 428 g/mol. The Kier molecular flexibility index (Phi) is 10.5. The molecule has 2 aromatic carbocycles. The first-order chi connectivity index (χ1) is 15.8. The molecule has 1 aliphatic rings. The van der Waals surface area contributed by atoms with Crippen molar-refractivity contribution >= 4 is 0 Å². The fraction of sp³-hybridized carbons (Fsp3) is 0.484. The Morgan fingerprint density at radius 2 is 1.56 bits per heavy atom. The quantitative estimate of drug-likeness (QED) is 0.272. The van der Waals surface area contributed by atoms with Gasteiger partial charge in [-0.25, -0.2) is 0 Å². The van der Waals surface area contributed by atoms with Crippen LogP contribution in [0, 0.1) is 17.8 Å². The standard InChI is InChI=1S/C31H40O/c1-3-5-9-25-32-31-23-17-28(18-24-31)12-8-7-11-27-15-21-30(22-16-27)29-19-13-26(14-20-29)10-6-4-2/h7,11,13-14,17-20,23-24,27,30H,3-6,9-10,15-16,21-22,25H2,1-2H3. The van der Waals surface area contributed by atoms with Crippen molar-refractivity contribution < 1.29 is 4.74 Å². The lowest BCUT2D eigenvalue weighted by Crippen LogP contribution is -2.11. The molecule has 1 saturated carbocycles. The normalized spacial score (nSPS) is 18.3. The number of unbranched alkanes of at least 4 members (excludes halogenated alkanes) is 3. The van der Waals surface area contributed by atoms with Crippen LogP contribution in [-0.2, 0) is 6.42 Å². The van der Waals surface area contributed by atoms with Gasteiger partial charge in [-0.2, -0.15) is 0 Å². The van der Waals surface area contributed by atoms with Crippen LogP contribution in [0.1, 0.15) is 94.2 Å². The van der Waals surface area contributed by atoms with Crippen LogP contribution < -0.4 is 4.74 Å². The summed E-state index contributed by atoms with van der Waals surface area (Å²) in [5.41, 5.74) is 4.06. The van der Waals surface area contributed by atoms with Crippen molar-refractivity contribution in [3.05, 3.63) is 77.4 Å². The maximum atomic E-state index is 5.77. The van der Waals surface area contributed by atoms with Crippen LogP contribution in [0.5, 0.6) is 5.75 Å². The molecule has 0 atom stereocenters. The lowest BCUT2D eigenvalue weighted by atomic mass is 9.78. The summed E-state index contributed by atoms with van der Waals surface area (Å²) in [4.78, 5) is 0. The minimum Gasteiger partial charge on any atom is -0.494 e. The van der Waals surface area contributed by atoms with Crippen LogP contribution in [0.4, 0.5) is 0 Å². The summed E-state index contributed by atoms with van der Waals surface area (Å²) in [6, 6.07) is 17.6. The van der Waals surface area contributed by atoms with Gasteiger partial charge in [0.05, 0.1) is 6.61 Å². The molecule has 0 heterocycles. The largest absolute Gasteiger partial charge is 0.494 e. The molecule has 1 nitrogen and oxygen atoms in total. The van der Waals surface area contributed by atoms with Crippen molar-refractivity contribution in [2.45, 2.75) is 84.0 Å². The van der Waals surface area contributed by atoms with E-state index in [0.29, 0.717) is 5.92 Å². The summed E-state index contributed by atoms with van der Waals surface area (Å²) < 4.78 is 5.77. The molecule has 0 unspecified atom stereocenters. The smallest absolute Gasteiger partial charge is 0.119 e. The molecular weight excluding hydrogens is 388 g/mol. The number of rotatable bonds is 10. The van der Waals surface area contributed by atoms with Gasteiger partial charge in [-0.05, 0) is 98.2 Å². The molecule has 0 bridgehead atoms. The SMILES string of the molecule is CCCCCOc1ccc(C#CC=CC2CCC(c3ccc(CCCC)cc3)CC2)cc1. The lowest BCUT2D eigenvalue weighted by Gasteiger charge is -2.27. The van der Waals surface area contributed by atoms with E-state index in [1.807, 2.05) is 12.1 Å². The summed E-state index contributed by atoms with van der Waals surface area (Å²) in [7, 11) is 0. The van der Waals surface area contributed by atoms with E-state index in [0.717, 1.165) is 30.3 Å². The van der Waals surface area contributed by atoms with Crippen molar-refractivity contribution in [1.82, 2.24) is 0 Å². The van der Waals surface area contributed by atoms with Crippen LogP contribution in [0.25, 0.3) is 0 Å². The van der Waals surface area contributed by atoms with Gasteiger partial charge in [-0.1, -0.05) is 75.3 Å². The second-order valence-electron chi connectivity index (χ2n) is 9.17. The van der Waals surface area contributed by atoms with Crippen LogP contribution >= 0.6 is 0 Å². The highest BCUT2D eigenvalue weighted by Gasteiger charge is 2.20. The number of aryl methyl sites for hydroxylation is 1. The lowest BCUT2D eigenvalue weighted by molar-refractivity contribution is 0.306. The molecule has 0 aromatic heterocycles. The Bertz CT molecular complexity index is 855. The van der Waals surface area contributed by atoms with E-state index >= 15 is 0 Å². The molecule has 3 rings (SSSR count). The van der Waals surface area contributed by atoms with Gasteiger partial charge in [0.1, 0.15) is 5.75 Å². The van der Waals surface area contributed by atoms with Crippen LogP contribution in [0.15, 0.2) is 60.7 Å². The number of ether oxygens (including phenoxy) is 1. The average Bonchev–Trinajstić information content (AvgIpc) is 2.85. The molecule has 2 aromatic rings. The molecule has 0 radical (unpaired) electrons. The van der Waals surface area contributed by atoms with Gasteiger partial charge in [0, 0.05) is 5.56 Å². The van der Waals surface area contributed by atoms with Crippen molar-refractivity contribution in [3.8, 4) is 17.6 Å². The maximum absolute atomic E-state index is 5.77. The Morgan fingerprint density at radius 3 is 2.25 bits per heavy atom. The number of allylic oxidation sites excluding steroid dienone is 2. The number of hydrogen-bond donors (Lipinski definition) is 0. The topological polar surface area (TPSA) is 9.23 Å². The highest BCUT2D eigenvalue weighted by Crippen LogP contribution is 2.36. The highest BCUT2D eigenvalue weighted by atomic mass is 16.5. The third kappa shape index (κ3) is 8.23. The maximum Gasteiger partial charge on any atom is 0.119 e. The first-order valence-corrected chi connectivity index (χ1v) is 12.8. The molecule has 32 heavy (non-hydrogen) atoms. The van der Waals surface area contributed by atoms with Gasteiger partial charge in [0.15, 0.2) is 0 Å². The summed E-state index contributed by atoms with van der Waals surface area (Å²) in [6.07, 6.45) is 16.8. The van der Waals surface area contributed by atoms with E-state index in [2.05, 4.69) is 74.2 Å². The third-order valence-electron chi connectivity index (χ3n) is 6.58. The first kappa shape index (κ1) is 24.2. The Labute approximate surface area is 196 Å². The van der Waals surface area contributed by atoms with E-state index in [-0.39, 0.29) is 0 Å². The van der Waals surface area contributed by atoms with Crippen LogP contribution in [0.3, 0.4) is 0 Å². The van der Waals surface area contributed by atoms with Crippen molar-refractivity contribution in [3.63, 3.8) is 0 Å². The second-order valence-corrected chi connectivity index (χ2v) is 9.17. The Balaban J connectivity index is 1.40. The third-order valence-corrected chi connectivity index (χ3v) is 6.58. The molecule has 0 aliphatic heterocycles. The summed E-state index contributed by atoms with van der Waals surface area (Å²) in [5, 5.41) is 0. The fourth-order valence-corrected chi connectivity index (χ4v) is 4.47. The zero-order chi connectivity index (χ0) is 22.4. The van der Waals surface area contributed by atoms with E-state index in [1.54, 1.807) is 0 Å². The molecule has 0 amide bonds. The van der Waals surface area contributed by atoms with E-state index in [1.165, 1.54) is 68.9 Å². The molecule has 170 valence electrons. The van der Waals surface area contributed by atoms with E-state index < -0.39 is 0 Å². The van der Waals surface area contributed by atoms with Crippen molar-refractivity contribution in [2.24, 2.45) is 5.92 Å². The minimum absolute atomic E-state index is 0.670. The van der Waals surface area contributed by atoms with Gasteiger partial charge in [-0.3, -0.25) is 0 Å². The van der Waals surface area contributed by atoms with Gasteiger partial charge in [-0.15, -0.1) is 0 Å². The van der Waals surface area contributed by atoms with Crippen LogP contribution in [-0.4, -0.2) is 6.61 Å². The molecule has 0 N–H and O–H groups in total. The predicted octanol–water partition coefficient (Wildman–Crippen LogP) is 8.48. The summed E-state index contributed by atoms with van der Waals surface area (Å²) in [6.45, 7) is 5.27. The molecule has 1 aliphatic carbocycles. The Hall–Kier alpha value is -2.46. The fourth-order valence-electron chi connectivity index (χ4n) is 4.47. The van der Waals surface area contributed by atoms with Gasteiger partial charge in [0.2, 0.25) is 0 Å². The molecule has 0 spiro atoms. The summed E-state index contributed by atoms with van der Waals surface area (Å²) in [5.74, 6) is 8.81. The van der Waals surface area contributed by atoms with Crippen LogP contribution in [0.2, 0.25) is 0 Å². The second kappa shape index (κ2) is 13.8. The summed E-state index contributed by atoms with van der Waals surface area (Å²) >= 11 is 0. The molecular formula is C31H40O. The van der Waals surface area contributed by atoms with Gasteiger partial charge in [0.25, 0.3) is 0 Å². The zero-order valence-corrected chi connectivity index (χ0v) is 20.1. The predicted molar refractivity (Wildman–Crippen MR) is 137 cm³/mol. The van der Waals surface area contributed by atoms with Gasteiger partial charge < -0.3 is 4.74 Å². The zero-order valence-electron chi connectivity index (χ0n) is 20.1. The van der Waals surface area contributed by atoms with E-state index in [4.69, 9.17) is 4.74 Å². The first-order valence-electron chi connectivity index (χ1n) is 12.8.